The van der Waals surface area contributed by atoms with E-state index in [0.717, 1.165) is 12.1 Å². The monoisotopic (exact) mass is 282 g/mol. The Morgan fingerprint density at radius 1 is 1.45 bits per heavy atom. The number of benzene rings is 1. The van der Waals surface area contributed by atoms with Gasteiger partial charge in [-0.2, -0.15) is 5.10 Å². The molecule has 1 aromatic carbocycles. The standard InChI is InChI=1S/C12H12F2N4O2/c1-3-8-9(6-17(2)16-8)15-12-10(18(19)20)5-4-7(13)11(12)14/h4-6,15H,3H2,1-2H3. The van der Waals surface area contributed by atoms with Gasteiger partial charge in [0, 0.05) is 19.3 Å². The van der Waals surface area contributed by atoms with Crippen LogP contribution < -0.4 is 5.32 Å². The predicted molar refractivity (Wildman–Crippen MR) is 68.9 cm³/mol. The molecule has 1 aromatic heterocycles. The largest absolute Gasteiger partial charge is 0.345 e. The smallest absolute Gasteiger partial charge is 0.295 e. The maximum atomic E-state index is 13.8. The van der Waals surface area contributed by atoms with Crippen LogP contribution in [0.5, 0.6) is 0 Å². The number of rotatable bonds is 4. The van der Waals surface area contributed by atoms with Crippen molar-refractivity contribution in [3.05, 3.63) is 45.8 Å². The van der Waals surface area contributed by atoms with Crippen molar-refractivity contribution in [2.45, 2.75) is 13.3 Å². The molecule has 0 saturated carbocycles. The Bertz CT molecular complexity index is 670. The molecule has 0 aliphatic carbocycles. The van der Waals surface area contributed by atoms with Crippen LogP contribution in [0.3, 0.4) is 0 Å². The van der Waals surface area contributed by atoms with Gasteiger partial charge in [-0.05, 0) is 12.5 Å². The van der Waals surface area contributed by atoms with E-state index in [-0.39, 0.29) is 0 Å². The van der Waals surface area contributed by atoms with Crippen LogP contribution in [0, 0.1) is 21.7 Å². The van der Waals surface area contributed by atoms with Crippen LogP contribution in [0.4, 0.5) is 25.8 Å². The molecule has 0 radical (unpaired) electrons. The van der Waals surface area contributed by atoms with Gasteiger partial charge in [-0.15, -0.1) is 0 Å². The normalized spacial score (nSPS) is 10.6. The van der Waals surface area contributed by atoms with Gasteiger partial charge in [0.05, 0.1) is 16.3 Å². The summed E-state index contributed by atoms with van der Waals surface area (Å²) in [6.45, 7) is 1.84. The second kappa shape index (κ2) is 5.24. The Hall–Kier alpha value is -2.51. The van der Waals surface area contributed by atoms with E-state index in [1.54, 1.807) is 13.2 Å². The molecule has 0 unspecified atom stereocenters. The minimum absolute atomic E-state index is 0.405. The number of nitrogens with zero attached hydrogens (tertiary/aromatic N) is 3. The Morgan fingerprint density at radius 2 is 2.15 bits per heavy atom. The lowest BCUT2D eigenvalue weighted by molar-refractivity contribution is -0.384. The molecule has 0 saturated heterocycles. The number of anilines is 2. The third-order valence-electron chi connectivity index (χ3n) is 2.77. The number of hydrogen-bond donors (Lipinski definition) is 1. The molecule has 2 rings (SSSR count). The molecular weight excluding hydrogens is 270 g/mol. The predicted octanol–water partition coefficient (Wildman–Crippen LogP) is 2.91. The van der Waals surface area contributed by atoms with Crippen molar-refractivity contribution in [3.63, 3.8) is 0 Å². The van der Waals surface area contributed by atoms with Crippen molar-refractivity contribution in [1.82, 2.24) is 9.78 Å². The molecule has 106 valence electrons. The number of nitro groups is 1. The van der Waals surface area contributed by atoms with Gasteiger partial charge in [0.2, 0.25) is 0 Å². The van der Waals surface area contributed by atoms with Gasteiger partial charge in [0.25, 0.3) is 5.69 Å². The molecule has 0 atom stereocenters. The molecule has 6 nitrogen and oxygen atoms in total. The summed E-state index contributed by atoms with van der Waals surface area (Å²) in [5.41, 5.74) is -0.0273. The molecule has 20 heavy (non-hydrogen) atoms. The first kappa shape index (κ1) is 13.9. The number of hydrogen-bond acceptors (Lipinski definition) is 4. The molecule has 2 aromatic rings. The third-order valence-corrected chi connectivity index (χ3v) is 2.77. The van der Waals surface area contributed by atoms with Crippen LogP contribution >= 0.6 is 0 Å². The van der Waals surface area contributed by atoms with Crippen molar-refractivity contribution >= 4 is 17.1 Å². The number of aromatic nitrogens is 2. The zero-order valence-electron chi connectivity index (χ0n) is 10.9. The summed E-state index contributed by atoms with van der Waals surface area (Å²) >= 11 is 0. The summed E-state index contributed by atoms with van der Waals surface area (Å²) in [5, 5.41) is 17.6. The number of aryl methyl sites for hydroxylation is 2. The van der Waals surface area contributed by atoms with Crippen LogP contribution in [0.25, 0.3) is 0 Å². The van der Waals surface area contributed by atoms with E-state index in [1.807, 2.05) is 6.92 Å². The van der Waals surface area contributed by atoms with Crippen molar-refractivity contribution in [1.29, 1.82) is 0 Å². The maximum Gasteiger partial charge on any atom is 0.295 e. The molecule has 0 bridgehead atoms. The fourth-order valence-electron chi connectivity index (χ4n) is 1.85. The fraction of sp³-hybridized carbons (Fsp3) is 0.250. The molecule has 1 heterocycles. The molecule has 0 spiro atoms. The van der Waals surface area contributed by atoms with Crippen LogP contribution in [0.2, 0.25) is 0 Å². The summed E-state index contributed by atoms with van der Waals surface area (Å²) in [6.07, 6.45) is 2.10. The average molecular weight is 282 g/mol. The van der Waals surface area contributed by atoms with Gasteiger partial charge in [0.1, 0.15) is 0 Å². The Labute approximate surface area is 113 Å². The highest BCUT2D eigenvalue weighted by Crippen LogP contribution is 2.32. The number of halogens is 2. The molecule has 8 heteroatoms. The van der Waals surface area contributed by atoms with Crippen LogP contribution in [-0.4, -0.2) is 14.7 Å². The zero-order valence-corrected chi connectivity index (χ0v) is 10.9. The first-order valence-electron chi connectivity index (χ1n) is 5.86. The van der Waals surface area contributed by atoms with Gasteiger partial charge in [0.15, 0.2) is 17.3 Å². The van der Waals surface area contributed by atoms with Gasteiger partial charge in [-0.25, -0.2) is 8.78 Å². The Morgan fingerprint density at radius 3 is 2.75 bits per heavy atom. The average Bonchev–Trinajstić information content (AvgIpc) is 2.75. The highest BCUT2D eigenvalue weighted by atomic mass is 19.2. The molecule has 0 fully saturated rings. The zero-order chi connectivity index (χ0) is 14.9. The van der Waals surface area contributed by atoms with Crippen LogP contribution in [0.15, 0.2) is 18.3 Å². The van der Waals surface area contributed by atoms with Crippen LogP contribution in [-0.2, 0) is 13.5 Å². The van der Waals surface area contributed by atoms with E-state index < -0.39 is 27.9 Å². The SMILES string of the molecule is CCc1nn(C)cc1Nc1c([N+](=O)[O-])ccc(F)c1F. The lowest BCUT2D eigenvalue weighted by Gasteiger charge is -2.08. The summed E-state index contributed by atoms with van der Waals surface area (Å²) in [7, 11) is 1.67. The first-order chi connectivity index (χ1) is 9.43. The Balaban J connectivity index is 2.52. The van der Waals surface area contributed by atoms with Crippen molar-refractivity contribution in [2.75, 3.05) is 5.32 Å². The van der Waals surface area contributed by atoms with E-state index in [0.29, 0.717) is 17.8 Å². The fourth-order valence-corrected chi connectivity index (χ4v) is 1.85. The molecule has 0 aliphatic heterocycles. The van der Waals surface area contributed by atoms with E-state index in [4.69, 9.17) is 0 Å². The van der Waals surface area contributed by atoms with Crippen molar-refractivity contribution < 1.29 is 13.7 Å². The summed E-state index contributed by atoms with van der Waals surface area (Å²) in [6, 6.07) is 1.64. The van der Waals surface area contributed by atoms with Crippen molar-refractivity contribution in [2.24, 2.45) is 7.05 Å². The van der Waals surface area contributed by atoms with E-state index >= 15 is 0 Å². The quantitative estimate of drug-likeness (QED) is 0.691. The van der Waals surface area contributed by atoms with Gasteiger partial charge < -0.3 is 5.32 Å². The summed E-state index contributed by atoms with van der Waals surface area (Å²) < 4.78 is 28.5. The maximum absolute atomic E-state index is 13.8. The second-order valence-corrected chi connectivity index (χ2v) is 4.15. The minimum atomic E-state index is -1.29. The van der Waals surface area contributed by atoms with E-state index in [2.05, 4.69) is 10.4 Å². The highest BCUT2D eigenvalue weighted by Gasteiger charge is 2.23. The van der Waals surface area contributed by atoms with Gasteiger partial charge in [-0.3, -0.25) is 14.8 Å². The molecule has 0 amide bonds. The number of nitro benzene ring substituents is 1. The molecular formula is C12H12F2N4O2. The topological polar surface area (TPSA) is 73.0 Å². The minimum Gasteiger partial charge on any atom is -0.345 e. The lowest BCUT2D eigenvalue weighted by Crippen LogP contribution is -2.02. The number of nitrogens with one attached hydrogen (secondary N) is 1. The summed E-state index contributed by atoms with van der Waals surface area (Å²) in [4.78, 5) is 10.1. The summed E-state index contributed by atoms with van der Waals surface area (Å²) in [5.74, 6) is -2.44. The molecule has 0 aliphatic rings. The third kappa shape index (κ3) is 2.44. The van der Waals surface area contributed by atoms with Gasteiger partial charge >= 0.3 is 0 Å². The van der Waals surface area contributed by atoms with Crippen LogP contribution in [0.1, 0.15) is 12.6 Å². The van der Waals surface area contributed by atoms with Gasteiger partial charge in [-0.1, -0.05) is 6.92 Å². The second-order valence-electron chi connectivity index (χ2n) is 4.15. The first-order valence-corrected chi connectivity index (χ1v) is 5.86. The van der Waals surface area contributed by atoms with E-state index in [1.165, 1.54) is 4.68 Å². The van der Waals surface area contributed by atoms with Crippen molar-refractivity contribution in [3.8, 4) is 0 Å². The molecule has 1 N–H and O–H groups in total. The highest BCUT2D eigenvalue weighted by molar-refractivity contribution is 5.71. The lowest BCUT2D eigenvalue weighted by atomic mass is 10.2. The Kier molecular flexibility index (Phi) is 3.64. The van der Waals surface area contributed by atoms with E-state index in [9.17, 15) is 18.9 Å².